The number of thioether (sulfide) groups is 1. The number of hydrogen-bond donors (Lipinski definition) is 0. The first-order valence-electron chi connectivity index (χ1n) is 6.23. The quantitative estimate of drug-likeness (QED) is 0.633. The first-order valence-corrected chi connectivity index (χ1v) is 7.11. The Balaban J connectivity index is 1.73. The van der Waals surface area contributed by atoms with Crippen molar-refractivity contribution in [2.45, 2.75) is 37.0 Å². The van der Waals surface area contributed by atoms with Crippen LogP contribution in [0.15, 0.2) is 35.3 Å². The van der Waals surface area contributed by atoms with E-state index in [4.69, 9.17) is 4.99 Å². The molecule has 0 saturated heterocycles. The van der Waals surface area contributed by atoms with E-state index in [9.17, 15) is 0 Å². The molecular formula is C15H15NS. The molecule has 0 aromatic heterocycles. The molecule has 86 valence electrons. The van der Waals surface area contributed by atoms with Gasteiger partial charge in [-0.2, -0.15) is 0 Å². The van der Waals surface area contributed by atoms with Crippen molar-refractivity contribution in [2.75, 3.05) is 0 Å². The summed E-state index contributed by atoms with van der Waals surface area (Å²) >= 11 is 1.89. The summed E-state index contributed by atoms with van der Waals surface area (Å²) in [7, 11) is 0. The van der Waals surface area contributed by atoms with Crippen LogP contribution < -0.4 is 0 Å². The van der Waals surface area contributed by atoms with Crippen molar-refractivity contribution in [2.24, 2.45) is 4.99 Å². The predicted molar refractivity (Wildman–Crippen MR) is 74.4 cm³/mol. The minimum absolute atomic E-state index is 0.550. The molecule has 3 rings (SSSR count). The van der Waals surface area contributed by atoms with Gasteiger partial charge in [-0.3, -0.25) is 4.99 Å². The van der Waals surface area contributed by atoms with Gasteiger partial charge in [-0.05, 0) is 30.9 Å². The summed E-state index contributed by atoms with van der Waals surface area (Å²) in [5.74, 6) is 6.41. The second kappa shape index (κ2) is 4.98. The summed E-state index contributed by atoms with van der Waals surface area (Å²) in [6, 6.07) is 10.7. The van der Waals surface area contributed by atoms with E-state index in [1.165, 1.54) is 25.7 Å². The maximum Gasteiger partial charge on any atom is 0.142 e. The molecular weight excluding hydrogens is 226 g/mol. The molecule has 1 aromatic carbocycles. The molecule has 1 aliphatic heterocycles. The molecule has 2 heteroatoms. The third kappa shape index (κ3) is 2.56. The zero-order valence-electron chi connectivity index (χ0n) is 9.73. The minimum Gasteiger partial charge on any atom is -0.265 e. The summed E-state index contributed by atoms with van der Waals surface area (Å²) in [5.41, 5.74) is 1.07. The molecule has 1 nitrogen and oxygen atoms in total. The van der Waals surface area contributed by atoms with Crippen molar-refractivity contribution in [3.05, 3.63) is 35.9 Å². The molecule has 1 saturated carbocycles. The Morgan fingerprint density at radius 1 is 1.06 bits per heavy atom. The fraction of sp³-hybridized carbons (Fsp3) is 0.400. The molecule has 1 aromatic rings. The maximum absolute atomic E-state index is 4.73. The average molecular weight is 241 g/mol. The van der Waals surface area contributed by atoms with Gasteiger partial charge in [0, 0.05) is 10.8 Å². The molecule has 2 atom stereocenters. The Morgan fingerprint density at radius 2 is 1.88 bits per heavy atom. The van der Waals surface area contributed by atoms with Crippen LogP contribution >= 0.6 is 11.8 Å². The van der Waals surface area contributed by atoms with Crippen molar-refractivity contribution in [1.29, 1.82) is 0 Å². The van der Waals surface area contributed by atoms with E-state index < -0.39 is 0 Å². The third-order valence-electron chi connectivity index (χ3n) is 3.30. The van der Waals surface area contributed by atoms with E-state index in [1.807, 2.05) is 42.1 Å². The highest BCUT2D eigenvalue weighted by Gasteiger charge is 2.31. The normalized spacial score (nSPS) is 26.7. The molecule has 1 heterocycles. The number of nitrogens with zero attached hydrogens (tertiary/aromatic N) is 1. The van der Waals surface area contributed by atoms with Gasteiger partial charge in [0.15, 0.2) is 0 Å². The van der Waals surface area contributed by atoms with Crippen molar-refractivity contribution in [3.8, 4) is 11.8 Å². The van der Waals surface area contributed by atoms with E-state index in [0.29, 0.717) is 11.3 Å². The van der Waals surface area contributed by atoms with Crippen LogP contribution in [-0.4, -0.2) is 16.3 Å². The highest BCUT2D eigenvalue weighted by Crippen LogP contribution is 2.36. The number of benzene rings is 1. The van der Waals surface area contributed by atoms with Crippen molar-refractivity contribution >= 4 is 16.8 Å². The lowest BCUT2D eigenvalue weighted by molar-refractivity contribution is 0.462. The fourth-order valence-electron chi connectivity index (χ4n) is 2.40. The van der Waals surface area contributed by atoms with Crippen LogP contribution in [0.25, 0.3) is 0 Å². The predicted octanol–water partition coefficient (Wildman–Crippen LogP) is 3.49. The summed E-state index contributed by atoms with van der Waals surface area (Å²) in [6.45, 7) is 0. The van der Waals surface area contributed by atoms with Gasteiger partial charge in [-0.1, -0.05) is 48.7 Å². The molecule has 1 aliphatic carbocycles. The maximum atomic E-state index is 4.73. The Kier molecular flexibility index (Phi) is 3.20. The summed E-state index contributed by atoms with van der Waals surface area (Å²) in [5, 5.41) is 1.76. The van der Waals surface area contributed by atoms with Gasteiger partial charge in [0.25, 0.3) is 0 Å². The lowest BCUT2D eigenvalue weighted by atomic mass is 9.95. The molecule has 0 bridgehead atoms. The first-order chi connectivity index (χ1) is 8.42. The van der Waals surface area contributed by atoms with Gasteiger partial charge in [-0.25, -0.2) is 0 Å². The minimum atomic E-state index is 0.550. The average Bonchev–Trinajstić information content (AvgIpc) is 2.80. The van der Waals surface area contributed by atoms with E-state index in [2.05, 4.69) is 11.8 Å². The molecule has 0 spiro atoms. The topological polar surface area (TPSA) is 12.4 Å². The summed E-state index contributed by atoms with van der Waals surface area (Å²) in [4.78, 5) is 4.73. The van der Waals surface area contributed by atoms with Crippen LogP contribution in [0.1, 0.15) is 31.2 Å². The summed E-state index contributed by atoms with van der Waals surface area (Å²) in [6.07, 6.45) is 5.28. The second-order valence-electron chi connectivity index (χ2n) is 4.56. The van der Waals surface area contributed by atoms with Gasteiger partial charge in [0.05, 0.1) is 6.04 Å². The van der Waals surface area contributed by atoms with Gasteiger partial charge >= 0.3 is 0 Å². The zero-order chi connectivity index (χ0) is 11.5. The third-order valence-corrected chi connectivity index (χ3v) is 4.58. The monoisotopic (exact) mass is 241 g/mol. The highest BCUT2D eigenvalue weighted by atomic mass is 32.2. The van der Waals surface area contributed by atoms with E-state index in [1.54, 1.807) is 0 Å². The van der Waals surface area contributed by atoms with Crippen LogP contribution in [0.3, 0.4) is 0 Å². The van der Waals surface area contributed by atoms with Crippen LogP contribution in [-0.2, 0) is 0 Å². The molecule has 2 aliphatic rings. The van der Waals surface area contributed by atoms with Crippen LogP contribution in [0, 0.1) is 11.8 Å². The number of fused-ring (bicyclic) bond motifs is 1. The Bertz CT molecular complexity index is 481. The summed E-state index contributed by atoms with van der Waals surface area (Å²) < 4.78 is 0. The highest BCUT2D eigenvalue weighted by molar-refractivity contribution is 8.15. The van der Waals surface area contributed by atoms with E-state index in [0.717, 1.165) is 10.6 Å². The molecule has 0 unspecified atom stereocenters. The largest absolute Gasteiger partial charge is 0.265 e. The van der Waals surface area contributed by atoms with Crippen LogP contribution in [0.4, 0.5) is 0 Å². The van der Waals surface area contributed by atoms with E-state index in [-0.39, 0.29) is 0 Å². The molecule has 0 N–H and O–H groups in total. The molecule has 1 fully saturated rings. The Hall–Kier alpha value is -1.20. The molecule has 0 radical (unpaired) electrons. The number of aliphatic imine (C=N–C) groups is 1. The fourth-order valence-corrected chi connectivity index (χ4v) is 3.63. The number of hydrogen-bond acceptors (Lipinski definition) is 2. The molecule has 0 amide bonds. The Morgan fingerprint density at radius 3 is 2.71 bits per heavy atom. The van der Waals surface area contributed by atoms with Gasteiger partial charge in [0.1, 0.15) is 5.04 Å². The lowest BCUT2D eigenvalue weighted by Gasteiger charge is -2.21. The van der Waals surface area contributed by atoms with E-state index >= 15 is 0 Å². The smallest absolute Gasteiger partial charge is 0.142 e. The number of rotatable bonds is 0. The lowest BCUT2D eigenvalue weighted by Crippen LogP contribution is -2.21. The SMILES string of the molecule is C(#Cc1ccccc1)C1=N[C@H]2CCCC[C@H]2S1. The molecule has 17 heavy (non-hydrogen) atoms. The van der Waals surface area contributed by atoms with Crippen LogP contribution in [0.2, 0.25) is 0 Å². The second-order valence-corrected chi connectivity index (χ2v) is 5.79. The van der Waals surface area contributed by atoms with Crippen LogP contribution in [0.5, 0.6) is 0 Å². The van der Waals surface area contributed by atoms with Gasteiger partial charge in [-0.15, -0.1) is 0 Å². The zero-order valence-corrected chi connectivity index (χ0v) is 10.5. The van der Waals surface area contributed by atoms with Crippen molar-refractivity contribution in [1.82, 2.24) is 0 Å². The van der Waals surface area contributed by atoms with Gasteiger partial charge < -0.3 is 0 Å². The first kappa shape index (κ1) is 10.9. The standard InChI is InChI=1S/C15H15NS/c1-2-6-12(7-3-1)10-11-15-16-13-8-4-5-9-14(13)17-15/h1-3,6-7,13-14H,4-5,8-9H2/t13-,14+/m0/s1. The van der Waals surface area contributed by atoms with Crippen molar-refractivity contribution in [3.63, 3.8) is 0 Å². The van der Waals surface area contributed by atoms with Gasteiger partial charge in [0.2, 0.25) is 0 Å². The Labute approximate surface area is 107 Å². The van der Waals surface area contributed by atoms with Crippen molar-refractivity contribution < 1.29 is 0 Å².